The Kier molecular flexibility index (Phi) is 3.59. The third-order valence-electron chi connectivity index (χ3n) is 3.20. The Morgan fingerprint density at radius 1 is 1.04 bits per heavy atom. The summed E-state index contributed by atoms with van der Waals surface area (Å²) >= 11 is 0. The highest BCUT2D eigenvalue weighted by molar-refractivity contribution is 6.15. The molecule has 0 spiro atoms. The predicted molar refractivity (Wildman–Crippen MR) is 75.8 cm³/mol. The zero-order valence-corrected chi connectivity index (χ0v) is 11.8. The van der Waals surface area contributed by atoms with Gasteiger partial charge in [0.1, 0.15) is 5.75 Å². The van der Waals surface area contributed by atoms with E-state index in [0.29, 0.717) is 5.56 Å². The van der Waals surface area contributed by atoms with Crippen LogP contribution in [0.3, 0.4) is 0 Å². The molecule has 2 aromatic carbocycles. The summed E-state index contributed by atoms with van der Waals surface area (Å²) in [4.78, 5) is 12.2. The number of halogens is 3. The summed E-state index contributed by atoms with van der Waals surface area (Å²) in [7, 11) is 0. The lowest BCUT2D eigenvalue weighted by Crippen LogP contribution is -2.16. The number of phenols is 2. The van der Waals surface area contributed by atoms with Crippen LogP contribution in [0.4, 0.5) is 13.2 Å². The molecule has 0 fully saturated rings. The Morgan fingerprint density at radius 2 is 1.71 bits per heavy atom. The lowest BCUT2D eigenvalue weighted by Gasteiger charge is -2.08. The highest BCUT2D eigenvalue weighted by Gasteiger charge is 2.32. The molecule has 8 heteroatoms. The van der Waals surface area contributed by atoms with Gasteiger partial charge in [0.15, 0.2) is 17.3 Å². The molecule has 3 rings (SSSR count). The lowest BCUT2D eigenvalue weighted by molar-refractivity contribution is -0.274. The molecule has 2 aromatic rings. The summed E-state index contributed by atoms with van der Waals surface area (Å²) in [5.74, 6) is -2.20. The molecule has 0 saturated carbocycles. The van der Waals surface area contributed by atoms with Crippen molar-refractivity contribution < 1.29 is 37.7 Å². The van der Waals surface area contributed by atoms with Gasteiger partial charge in [-0.25, -0.2) is 0 Å². The number of Topliss-reactive ketones (excluding diaryl/α,β-unsaturated/α-hetero) is 1. The van der Waals surface area contributed by atoms with Gasteiger partial charge < -0.3 is 19.7 Å². The van der Waals surface area contributed by atoms with E-state index in [1.165, 1.54) is 24.3 Å². The van der Waals surface area contributed by atoms with Gasteiger partial charge in [-0.15, -0.1) is 13.2 Å². The summed E-state index contributed by atoms with van der Waals surface area (Å²) < 4.78 is 45.3. The van der Waals surface area contributed by atoms with Crippen molar-refractivity contribution in [1.29, 1.82) is 0 Å². The highest BCUT2D eigenvalue weighted by atomic mass is 19.4. The van der Waals surface area contributed by atoms with Crippen molar-refractivity contribution in [1.82, 2.24) is 0 Å². The van der Waals surface area contributed by atoms with Crippen LogP contribution in [0.15, 0.2) is 42.2 Å². The molecule has 5 nitrogen and oxygen atoms in total. The Morgan fingerprint density at radius 3 is 2.33 bits per heavy atom. The first kappa shape index (κ1) is 15.7. The van der Waals surface area contributed by atoms with Gasteiger partial charge in [0.2, 0.25) is 11.5 Å². The van der Waals surface area contributed by atoms with Gasteiger partial charge in [0.25, 0.3) is 0 Å². The molecule has 0 bridgehead atoms. The molecule has 0 aromatic heterocycles. The number of phenolic OH excluding ortho intramolecular Hbond substituents is 2. The summed E-state index contributed by atoms with van der Waals surface area (Å²) in [5, 5.41) is 19.1. The fourth-order valence-corrected chi connectivity index (χ4v) is 2.14. The number of fused-ring (bicyclic) bond motifs is 1. The Hall–Kier alpha value is -3.16. The maximum absolute atomic E-state index is 12.2. The number of rotatable bonds is 2. The molecule has 24 heavy (non-hydrogen) atoms. The first-order valence-corrected chi connectivity index (χ1v) is 6.59. The summed E-state index contributed by atoms with van der Waals surface area (Å²) in [6.07, 6.45) is -3.48. The second-order valence-corrected chi connectivity index (χ2v) is 4.87. The quantitative estimate of drug-likeness (QED) is 0.646. The maximum Gasteiger partial charge on any atom is 0.573 e. The van der Waals surface area contributed by atoms with Crippen molar-refractivity contribution >= 4 is 11.9 Å². The van der Waals surface area contributed by atoms with Crippen LogP contribution in [-0.2, 0) is 0 Å². The molecule has 0 unspecified atom stereocenters. The number of benzene rings is 2. The molecule has 2 N–H and O–H groups in total. The Balaban J connectivity index is 1.85. The molecular weight excluding hydrogens is 329 g/mol. The van der Waals surface area contributed by atoms with E-state index in [9.17, 15) is 28.2 Å². The van der Waals surface area contributed by atoms with E-state index in [-0.39, 0.29) is 17.1 Å². The molecule has 0 radical (unpaired) electrons. The van der Waals surface area contributed by atoms with Gasteiger partial charge in [0, 0.05) is 0 Å². The van der Waals surface area contributed by atoms with E-state index in [1.807, 2.05) is 0 Å². The highest BCUT2D eigenvalue weighted by Crippen LogP contribution is 2.44. The minimum absolute atomic E-state index is 0.0774. The molecule has 0 amide bonds. The number of aromatic hydroxyl groups is 2. The van der Waals surface area contributed by atoms with Crippen LogP contribution in [-0.4, -0.2) is 22.4 Å². The largest absolute Gasteiger partial charge is 0.573 e. The van der Waals surface area contributed by atoms with Gasteiger partial charge >= 0.3 is 6.36 Å². The summed E-state index contributed by atoms with van der Waals surface area (Å²) in [6, 6.07) is 7.26. The average molecular weight is 338 g/mol. The van der Waals surface area contributed by atoms with Crippen molar-refractivity contribution in [3.63, 3.8) is 0 Å². The Bertz CT molecular complexity index is 838. The fourth-order valence-electron chi connectivity index (χ4n) is 2.14. The number of hydrogen-bond donors (Lipinski definition) is 2. The van der Waals surface area contributed by atoms with Crippen molar-refractivity contribution in [3.05, 3.63) is 53.3 Å². The van der Waals surface area contributed by atoms with Gasteiger partial charge in [-0.1, -0.05) is 12.1 Å². The van der Waals surface area contributed by atoms with Gasteiger partial charge in [0.05, 0.1) is 5.56 Å². The second-order valence-electron chi connectivity index (χ2n) is 4.87. The van der Waals surface area contributed by atoms with E-state index in [4.69, 9.17) is 4.74 Å². The number of hydrogen-bond acceptors (Lipinski definition) is 5. The molecule has 124 valence electrons. The molecule has 0 atom stereocenters. The first-order valence-electron chi connectivity index (χ1n) is 6.59. The summed E-state index contributed by atoms with van der Waals surface area (Å²) in [5.41, 5.74) is 0.470. The SMILES string of the molecule is O=C1/C(=C\c2ccc(OC(F)(F)F)cc2)Oc2c1ccc(O)c2O. The van der Waals surface area contributed by atoms with E-state index in [1.54, 1.807) is 0 Å². The lowest BCUT2D eigenvalue weighted by atomic mass is 10.1. The van der Waals surface area contributed by atoms with Crippen LogP contribution in [0.25, 0.3) is 6.08 Å². The Labute approximate surface area is 133 Å². The number of ketones is 1. The minimum Gasteiger partial charge on any atom is -0.504 e. The minimum atomic E-state index is -4.79. The average Bonchev–Trinajstić information content (AvgIpc) is 2.81. The van der Waals surface area contributed by atoms with Gasteiger partial charge in [-0.05, 0) is 35.9 Å². The summed E-state index contributed by atoms with van der Waals surface area (Å²) in [6.45, 7) is 0. The second kappa shape index (κ2) is 5.48. The standard InChI is InChI=1S/C16H9F3O5/c17-16(18,19)24-9-3-1-8(2-4-9)7-12-13(21)10-5-6-11(20)14(22)15(10)23-12/h1-7,20,22H/b12-7+. The fraction of sp³-hybridized carbons (Fsp3) is 0.0625. The van der Waals surface area contributed by atoms with Crippen LogP contribution in [0.1, 0.15) is 15.9 Å². The molecule has 1 aliphatic rings. The van der Waals surface area contributed by atoms with Crippen molar-refractivity contribution in [2.75, 3.05) is 0 Å². The number of carbonyl (C=O) groups excluding carboxylic acids is 1. The van der Waals surface area contributed by atoms with Crippen molar-refractivity contribution in [2.45, 2.75) is 6.36 Å². The predicted octanol–water partition coefficient (Wildman–Crippen LogP) is 3.61. The first-order chi connectivity index (χ1) is 11.2. The molecule has 1 heterocycles. The smallest absolute Gasteiger partial charge is 0.504 e. The molecular formula is C16H9F3O5. The van der Waals surface area contributed by atoms with E-state index in [0.717, 1.165) is 18.2 Å². The molecule has 0 aliphatic carbocycles. The number of alkyl halides is 3. The van der Waals surface area contributed by atoms with E-state index < -0.39 is 29.4 Å². The third kappa shape index (κ3) is 2.98. The maximum atomic E-state index is 12.2. The van der Waals surface area contributed by atoms with Crippen LogP contribution >= 0.6 is 0 Å². The topological polar surface area (TPSA) is 76.0 Å². The third-order valence-corrected chi connectivity index (χ3v) is 3.20. The van der Waals surface area contributed by atoms with Crippen LogP contribution in [0.2, 0.25) is 0 Å². The van der Waals surface area contributed by atoms with E-state index >= 15 is 0 Å². The van der Waals surface area contributed by atoms with E-state index in [2.05, 4.69) is 4.74 Å². The zero-order chi connectivity index (χ0) is 17.5. The van der Waals surface area contributed by atoms with Crippen LogP contribution in [0, 0.1) is 0 Å². The number of carbonyl (C=O) groups is 1. The van der Waals surface area contributed by atoms with Gasteiger partial charge in [-0.3, -0.25) is 4.79 Å². The van der Waals surface area contributed by atoms with Crippen LogP contribution in [0.5, 0.6) is 23.0 Å². The number of ether oxygens (including phenoxy) is 2. The number of allylic oxidation sites excluding steroid dienone is 1. The monoisotopic (exact) mass is 338 g/mol. The van der Waals surface area contributed by atoms with Crippen LogP contribution < -0.4 is 9.47 Å². The van der Waals surface area contributed by atoms with Crippen molar-refractivity contribution in [3.8, 4) is 23.0 Å². The normalized spacial score (nSPS) is 15.3. The van der Waals surface area contributed by atoms with Crippen molar-refractivity contribution in [2.24, 2.45) is 0 Å². The molecule has 1 aliphatic heterocycles. The zero-order valence-electron chi connectivity index (χ0n) is 11.8. The van der Waals surface area contributed by atoms with Gasteiger partial charge in [-0.2, -0.15) is 0 Å². The molecule has 0 saturated heterocycles.